The molecule has 1 N–H and O–H groups in total. The average molecular weight is 227 g/mol. The van der Waals surface area contributed by atoms with Crippen LogP contribution in [-0.2, 0) is 0 Å². The molecule has 0 unspecified atom stereocenters. The van der Waals surface area contributed by atoms with E-state index in [-0.39, 0.29) is 11.9 Å². The zero-order valence-corrected chi connectivity index (χ0v) is 10.1. The summed E-state index contributed by atoms with van der Waals surface area (Å²) < 4.78 is 17.3. The highest BCUT2D eigenvalue weighted by Crippen LogP contribution is 2.10. The second-order valence-electron chi connectivity index (χ2n) is 3.14. The minimum absolute atomic E-state index is 0.0166. The fourth-order valence-corrected chi connectivity index (χ4v) is 0.875. The maximum atomic E-state index is 12.5. The van der Waals surface area contributed by atoms with E-state index in [9.17, 15) is 9.18 Å². The van der Waals surface area contributed by atoms with E-state index in [1.54, 1.807) is 0 Å². The topological polar surface area (TPSA) is 38.3 Å². The minimum Gasteiger partial charge on any atom is -0.410 e. The number of rotatable bonds is 2. The van der Waals surface area contributed by atoms with E-state index >= 15 is 0 Å². The number of ether oxygens (including phenoxy) is 1. The van der Waals surface area contributed by atoms with Crippen LogP contribution in [0.5, 0.6) is 5.75 Å². The van der Waals surface area contributed by atoms with Crippen molar-refractivity contribution in [2.24, 2.45) is 0 Å². The fraction of sp³-hybridized carbons (Fsp3) is 0.417. The molecule has 16 heavy (non-hydrogen) atoms. The van der Waals surface area contributed by atoms with Crippen LogP contribution >= 0.6 is 0 Å². The molecule has 3 nitrogen and oxygen atoms in total. The predicted octanol–water partition coefficient (Wildman–Crippen LogP) is 3.35. The van der Waals surface area contributed by atoms with Crippen LogP contribution in [0, 0.1) is 5.82 Å². The van der Waals surface area contributed by atoms with Crippen LogP contribution in [0.25, 0.3) is 0 Å². The number of hydrogen-bond donors (Lipinski definition) is 1. The van der Waals surface area contributed by atoms with Gasteiger partial charge in [0.1, 0.15) is 11.6 Å². The Hall–Kier alpha value is -1.58. The van der Waals surface area contributed by atoms with E-state index in [2.05, 4.69) is 5.32 Å². The summed E-state index contributed by atoms with van der Waals surface area (Å²) in [6.45, 7) is 7.65. The number of hydrogen-bond acceptors (Lipinski definition) is 2. The van der Waals surface area contributed by atoms with Gasteiger partial charge >= 0.3 is 6.09 Å². The molecule has 0 fully saturated rings. The Morgan fingerprint density at radius 3 is 2.19 bits per heavy atom. The number of carbonyl (C=O) groups excluding carboxylic acids is 1. The molecule has 0 spiro atoms. The lowest BCUT2D eigenvalue weighted by Crippen LogP contribution is -2.32. The lowest BCUT2D eigenvalue weighted by Gasteiger charge is -2.08. The lowest BCUT2D eigenvalue weighted by atomic mass is 10.3. The summed E-state index contributed by atoms with van der Waals surface area (Å²) in [4.78, 5) is 11.1. The molecule has 0 aromatic heterocycles. The first kappa shape index (κ1) is 14.4. The van der Waals surface area contributed by atoms with Gasteiger partial charge in [0.25, 0.3) is 0 Å². The Morgan fingerprint density at radius 1 is 1.25 bits per heavy atom. The quantitative estimate of drug-likeness (QED) is 0.841. The van der Waals surface area contributed by atoms with E-state index in [0.717, 1.165) is 0 Å². The molecule has 1 aromatic rings. The van der Waals surface area contributed by atoms with Crippen LogP contribution < -0.4 is 10.1 Å². The molecule has 0 radical (unpaired) electrons. The van der Waals surface area contributed by atoms with Gasteiger partial charge in [-0.15, -0.1) is 0 Å². The van der Waals surface area contributed by atoms with Crippen molar-refractivity contribution < 1.29 is 13.9 Å². The molecule has 1 aromatic carbocycles. The Bertz CT molecular complexity index is 309. The number of carbonyl (C=O) groups is 1. The molecule has 0 saturated heterocycles. The van der Waals surface area contributed by atoms with Gasteiger partial charge in [0.15, 0.2) is 0 Å². The molecule has 0 saturated carbocycles. The predicted molar refractivity (Wildman–Crippen MR) is 62.0 cm³/mol. The smallest absolute Gasteiger partial charge is 0.410 e. The Morgan fingerprint density at radius 2 is 1.75 bits per heavy atom. The van der Waals surface area contributed by atoms with Gasteiger partial charge in [-0.2, -0.15) is 0 Å². The van der Waals surface area contributed by atoms with Crippen molar-refractivity contribution in [3.05, 3.63) is 30.1 Å². The van der Waals surface area contributed by atoms with Crippen molar-refractivity contribution in [2.45, 2.75) is 33.7 Å². The zero-order chi connectivity index (χ0) is 12.6. The van der Waals surface area contributed by atoms with Gasteiger partial charge in [-0.05, 0) is 38.1 Å². The van der Waals surface area contributed by atoms with Crippen LogP contribution in [0.3, 0.4) is 0 Å². The first-order valence-corrected chi connectivity index (χ1v) is 5.32. The summed E-state index contributed by atoms with van der Waals surface area (Å²) in [5, 5.41) is 2.55. The lowest BCUT2D eigenvalue weighted by molar-refractivity contribution is 0.197. The van der Waals surface area contributed by atoms with Gasteiger partial charge in [0.2, 0.25) is 0 Å². The van der Waals surface area contributed by atoms with Gasteiger partial charge < -0.3 is 10.1 Å². The molecule has 0 aliphatic heterocycles. The van der Waals surface area contributed by atoms with E-state index in [4.69, 9.17) is 4.74 Å². The molecule has 0 heterocycles. The summed E-state index contributed by atoms with van der Waals surface area (Å²) in [5.74, 6) is -0.0360. The number of benzene rings is 1. The maximum absolute atomic E-state index is 12.5. The monoisotopic (exact) mass is 227 g/mol. The molecule has 0 bridgehead atoms. The number of nitrogens with one attached hydrogen (secondary N) is 1. The Labute approximate surface area is 95.6 Å². The summed E-state index contributed by atoms with van der Waals surface area (Å²) in [7, 11) is 0. The second-order valence-corrected chi connectivity index (χ2v) is 3.14. The summed E-state index contributed by atoms with van der Waals surface area (Å²) in [5.41, 5.74) is 0. The molecule has 90 valence electrons. The van der Waals surface area contributed by atoms with E-state index in [1.807, 2.05) is 27.7 Å². The standard InChI is InChI=1S/C10H12FNO2.C2H6/c1-7(2)12-10(13)14-9-5-3-8(11)4-6-9;1-2/h3-7H,1-2H3,(H,12,13);1-2H3. The molecule has 0 atom stereocenters. The number of amides is 1. The van der Waals surface area contributed by atoms with Gasteiger partial charge in [-0.3, -0.25) is 0 Å². The molecule has 4 heteroatoms. The van der Waals surface area contributed by atoms with Gasteiger partial charge in [0, 0.05) is 6.04 Å². The fourth-order valence-electron chi connectivity index (χ4n) is 0.875. The highest BCUT2D eigenvalue weighted by Gasteiger charge is 2.04. The maximum Gasteiger partial charge on any atom is 0.412 e. The first-order chi connectivity index (χ1) is 7.58. The summed E-state index contributed by atoms with van der Waals surface area (Å²) in [6.07, 6.45) is -0.536. The van der Waals surface area contributed by atoms with Gasteiger partial charge in [0.05, 0.1) is 0 Å². The molecule has 0 aliphatic carbocycles. The first-order valence-electron chi connectivity index (χ1n) is 5.32. The molecular weight excluding hydrogens is 209 g/mol. The van der Waals surface area contributed by atoms with Crippen LogP contribution in [0.15, 0.2) is 24.3 Å². The van der Waals surface area contributed by atoms with Crippen LogP contribution in [-0.4, -0.2) is 12.1 Å². The molecule has 0 aliphatic rings. The van der Waals surface area contributed by atoms with Gasteiger partial charge in [-0.1, -0.05) is 13.8 Å². The van der Waals surface area contributed by atoms with E-state index in [1.165, 1.54) is 24.3 Å². The zero-order valence-electron chi connectivity index (χ0n) is 10.1. The van der Waals surface area contributed by atoms with E-state index < -0.39 is 6.09 Å². The third kappa shape index (κ3) is 6.01. The van der Waals surface area contributed by atoms with Crippen molar-refractivity contribution >= 4 is 6.09 Å². The molecule has 1 amide bonds. The van der Waals surface area contributed by atoms with Crippen molar-refractivity contribution in [3.8, 4) is 5.75 Å². The Kier molecular flexibility index (Phi) is 6.92. The Balaban J connectivity index is 0.00000106. The van der Waals surface area contributed by atoms with Crippen LogP contribution in [0.2, 0.25) is 0 Å². The van der Waals surface area contributed by atoms with Crippen molar-refractivity contribution in [3.63, 3.8) is 0 Å². The third-order valence-corrected chi connectivity index (χ3v) is 1.43. The van der Waals surface area contributed by atoms with E-state index in [0.29, 0.717) is 5.75 Å². The van der Waals surface area contributed by atoms with Crippen molar-refractivity contribution in [2.75, 3.05) is 0 Å². The van der Waals surface area contributed by atoms with Crippen molar-refractivity contribution in [1.29, 1.82) is 0 Å². The molecule has 1 rings (SSSR count). The average Bonchev–Trinajstić information content (AvgIpc) is 2.23. The van der Waals surface area contributed by atoms with Crippen molar-refractivity contribution in [1.82, 2.24) is 5.32 Å². The SMILES string of the molecule is CC.CC(C)NC(=O)Oc1ccc(F)cc1. The summed E-state index contributed by atoms with van der Waals surface area (Å²) in [6, 6.07) is 5.28. The number of halogens is 1. The highest BCUT2D eigenvalue weighted by molar-refractivity contribution is 5.70. The third-order valence-electron chi connectivity index (χ3n) is 1.43. The van der Waals surface area contributed by atoms with Crippen LogP contribution in [0.1, 0.15) is 27.7 Å². The van der Waals surface area contributed by atoms with Crippen LogP contribution in [0.4, 0.5) is 9.18 Å². The van der Waals surface area contributed by atoms with Gasteiger partial charge in [-0.25, -0.2) is 9.18 Å². The largest absolute Gasteiger partial charge is 0.412 e. The highest BCUT2D eigenvalue weighted by atomic mass is 19.1. The summed E-state index contributed by atoms with van der Waals surface area (Å²) >= 11 is 0. The normalized spacial score (nSPS) is 9.12. The minimum atomic E-state index is -0.536. The molecular formula is C12H18FNO2. The second kappa shape index (κ2) is 7.68.